The highest BCUT2D eigenvalue weighted by Crippen LogP contribution is 2.23. The summed E-state index contributed by atoms with van der Waals surface area (Å²) in [4.78, 5) is 30.5. The number of rotatable bonds is 11. The fraction of sp³-hybridized carbons (Fsp3) is 0.419. The zero-order valence-electron chi connectivity index (χ0n) is 23.3. The van der Waals surface area contributed by atoms with E-state index >= 15 is 0 Å². The molecule has 40 heavy (non-hydrogen) atoms. The maximum absolute atomic E-state index is 13.7. The number of carbonyl (C=O) groups excluding carboxylic acids is 2. The van der Waals surface area contributed by atoms with Crippen molar-refractivity contribution in [3.05, 3.63) is 83.7 Å². The summed E-state index contributed by atoms with van der Waals surface area (Å²) in [6, 6.07) is 19.5. The van der Waals surface area contributed by atoms with Crippen molar-refractivity contribution in [2.45, 2.75) is 52.1 Å². The second-order valence-electron chi connectivity index (χ2n) is 10.4. The van der Waals surface area contributed by atoms with Crippen molar-refractivity contribution in [2.24, 2.45) is 0 Å². The highest BCUT2D eigenvalue weighted by Gasteiger charge is 2.32. The summed E-state index contributed by atoms with van der Waals surface area (Å²) in [6.07, 6.45) is 2.21. The SMILES string of the molecule is CCCN(CC(=O)N(Cc1ccc(F)cc1)C1CCN(C(=O)c2ccc3ccccc3c2)CC1)S(=O)(=O)CCC. The highest BCUT2D eigenvalue weighted by atomic mass is 32.2. The molecule has 0 saturated carbocycles. The monoisotopic (exact) mass is 567 g/mol. The van der Waals surface area contributed by atoms with Crippen molar-refractivity contribution in [3.63, 3.8) is 0 Å². The number of nitrogens with zero attached hydrogens (tertiary/aromatic N) is 3. The molecular weight excluding hydrogens is 529 g/mol. The largest absolute Gasteiger partial charge is 0.338 e. The average molecular weight is 568 g/mol. The average Bonchev–Trinajstić information content (AvgIpc) is 2.96. The molecule has 0 radical (unpaired) electrons. The number of hydrogen-bond donors (Lipinski definition) is 0. The third-order valence-corrected chi connectivity index (χ3v) is 9.44. The lowest BCUT2D eigenvalue weighted by Crippen LogP contribution is -2.51. The fourth-order valence-electron chi connectivity index (χ4n) is 5.29. The van der Waals surface area contributed by atoms with Gasteiger partial charge in [-0.3, -0.25) is 9.59 Å². The minimum atomic E-state index is -3.56. The van der Waals surface area contributed by atoms with Gasteiger partial charge in [-0.2, -0.15) is 4.31 Å². The predicted octanol–water partition coefficient (Wildman–Crippen LogP) is 5.06. The first kappa shape index (κ1) is 29.7. The van der Waals surface area contributed by atoms with Gasteiger partial charge in [0.2, 0.25) is 15.9 Å². The van der Waals surface area contributed by atoms with Gasteiger partial charge in [0.05, 0.1) is 12.3 Å². The summed E-state index contributed by atoms with van der Waals surface area (Å²) >= 11 is 0. The van der Waals surface area contributed by atoms with Gasteiger partial charge in [-0.05, 0) is 66.3 Å². The van der Waals surface area contributed by atoms with Crippen molar-refractivity contribution in [1.82, 2.24) is 14.1 Å². The number of hydrogen-bond acceptors (Lipinski definition) is 4. The van der Waals surface area contributed by atoms with Crippen LogP contribution in [0.25, 0.3) is 10.8 Å². The van der Waals surface area contributed by atoms with Crippen LogP contribution in [0.1, 0.15) is 55.5 Å². The van der Waals surface area contributed by atoms with Gasteiger partial charge in [0.25, 0.3) is 5.91 Å². The Morgan fingerprint density at radius 3 is 2.25 bits per heavy atom. The van der Waals surface area contributed by atoms with Crippen molar-refractivity contribution in [2.75, 3.05) is 31.9 Å². The molecule has 4 rings (SSSR count). The summed E-state index contributed by atoms with van der Waals surface area (Å²) in [6.45, 7) is 4.95. The number of amides is 2. The van der Waals surface area contributed by atoms with Crippen LogP contribution < -0.4 is 0 Å². The molecule has 1 heterocycles. The molecule has 0 bridgehead atoms. The van der Waals surface area contributed by atoms with E-state index in [2.05, 4.69) is 0 Å². The number of fused-ring (bicyclic) bond motifs is 1. The van der Waals surface area contributed by atoms with Crippen molar-refractivity contribution >= 4 is 32.6 Å². The Bertz CT molecular complexity index is 1420. The van der Waals surface area contributed by atoms with Gasteiger partial charge in [0.1, 0.15) is 5.82 Å². The Balaban J connectivity index is 1.49. The zero-order chi connectivity index (χ0) is 28.7. The van der Waals surface area contributed by atoms with E-state index < -0.39 is 10.0 Å². The Kier molecular flexibility index (Phi) is 9.92. The van der Waals surface area contributed by atoms with E-state index in [1.54, 1.807) is 24.0 Å². The molecule has 3 aromatic carbocycles. The third-order valence-electron chi connectivity index (χ3n) is 7.42. The van der Waals surface area contributed by atoms with Gasteiger partial charge in [-0.1, -0.05) is 56.3 Å². The normalized spacial score (nSPS) is 14.6. The van der Waals surface area contributed by atoms with Crippen LogP contribution in [-0.2, 0) is 21.4 Å². The maximum Gasteiger partial charge on any atom is 0.253 e. The summed E-state index contributed by atoms with van der Waals surface area (Å²) in [5, 5.41) is 2.08. The molecule has 3 aromatic rings. The Hall–Kier alpha value is -3.30. The number of benzene rings is 3. The molecule has 1 saturated heterocycles. The lowest BCUT2D eigenvalue weighted by Gasteiger charge is -2.39. The lowest BCUT2D eigenvalue weighted by molar-refractivity contribution is -0.135. The number of piperidine rings is 1. The van der Waals surface area contributed by atoms with Crippen LogP contribution in [0.4, 0.5) is 4.39 Å². The topological polar surface area (TPSA) is 78.0 Å². The minimum absolute atomic E-state index is 0.00643. The summed E-state index contributed by atoms with van der Waals surface area (Å²) in [5.74, 6) is -0.688. The van der Waals surface area contributed by atoms with Crippen LogP contribution >= 0.6 is 0 Å². The maximum atomic E-state index is 13.7. The molecular formula is C31H38FN3O4S. The number of halogens is 1. The third kappa shape index (κ3) is 7.26. The van der Waals surface area contributed by atoms with E-state index in [0.29, 0.717) is 44.3 Å². The van der Waals surface area contributed by atoms with Crippen LogP contribution in [0.3, 0.4) is 0 Å². The molecule has 7 nitrogen and oxygen atoms in total. The van der Waals surface area contributed by atoms with E-state index in [4.69, 9.17) is 0 Å². The van der Waals surface area contributed by atoms with E-state index in [0.717, 1.165) is 16.3 Å². The van der Waals surface area contributed by atoms with Crippen LogP contribution in [0.5, 0.6) is 0 Å². The first-order chi connectivity index (χ1) is 19.2. The van der Waals surface area contributed by atoms with Gasteiger partial charge < -0.3 is 9.80 Å². The molecule has 0 atom stereocenters. The van der Waals surface area contributed by atoms with Gasteiger partial charge in [0.15, 0.2) is 0 Å². The Morgan fingerprint density at radius 1 is 0.925 bits per heavy atom. The van der Waals surface area contributed by atoms with Crippen LogP contribution in [0.2, 0.25) is 0 Å². The van der Waals surface area contributed by atoms with E-state index in [-0.39, 0.29) is 49.1 Å². The second-order valence-corrected chi connectivity index (χ2v) is 12.5. The second kappa shape index (κ2) is 13.4. The molecule has 0 aliphatic carbocycles. The zero-order valence-corrected chi connectivity index (χ0v) is 24.1. The molecule has 0 spiro atoms. The van der Waals surface area contributed by atoms with E-state index in [9.17, 15) is 22.4 Å². The quantitative estimate of drug-likeness (QED) is 0.324. The van der Waals surface area contributed by atoms with E-state index in [1.807, 2.05) is 54.3 Å². The summed E-state index contributed by atoms with van der Waals surface area (Å²) < 4.78 is 40.5. The molecule has 0 N–H and O–H groups in total. The molecule has 214 valence electrons. The molecule has 2 amide bonds. The summed E-state index contributed by atoms with van der Waals surface area (Å²) in [5.41, 5.74) is 1.40. The van der Waals surface area contributed by atoms with Crippen LogP contribution in [-0.4, -0.2) is 72.3 Å². The van der Waals surface area contributed by atoms with Crippen LogP contribution in [0, 0.1) is 5.82 Å². The molecule has 9 heteroatoms. The van der Waals surface area contributed by atoms with Gasteiger partial charge in [-0.25, -0.2) is 12.8 Å². The van der Waals surface area contributed by atoms with Crippen molar-refractivity contribution < 1.29 is 22.4 Å². The van der Waals surface area contributed by atoms with Gasteiger partial charge in [0, 0.05) is 37.8 Å². The Morgan fingerprint density at radius 2 is 1.60 bits per heavy atom. The van der Waals surface area contributed by atoms with Crippen molar-refractivity contribution in [3.8, 4) is 0 Å². The number of likely N-dealkylation sites (tertiary alicyclic amines) is 1. The molecule has 0 aromatic heterocycles. The molecule has 1 aliphatic rings. The summed E-state index contributed by atoms with van der Waals surface area (Å²) in [7, 11) is -3.56. The highest BCUT2D eigenvalue weighted by molar-refractivity contribution is 7.89. The molecule has 1 aliphatic heterocycles. The smallest absolute Gasteiger partial charge is 0.253 e. The molecule has 1 fully saturated rings. The Labute approximate surface area is 236 Å². The van der Waals surface area contributed by atoms with Crippen molar-refractivity contribution in [1.29, 1.82) is 0 Å². The predicted molar refractivity (Wildman–Crippen MR) is 156 cm³/mol. The number of sulfonamides is 1. The first-order valence-electron chi connectivity index (χ1n) is 14.0. The van der Waals surface area contributed by atoms with Gasteiger partial charge >= 0.3 is 0 Å². The standard InChI is InChI=1S/C31H38FN3O4S/c1-3-17-34(40(38,39)20-4-2)23-30(36)35(22-24-9-13-28(32)14-10-24)29-15-18-33(19-16-29)31(37)27-12-11-25-7-5-6-8-26(25)21-27/h5-14,21,29H,3-4,15-20,22-23H2,1-2H3. The number of carbonyl (C=O) groups is 2. The fourth-order valence-corrected chi connectivity index (χ4v) is 6.83. The minimum Gasteiger partial charge on any atom is -0.338 e. The van der Waals surface area contributed by atoms with Crippen LogP contribution in [0.15, 0.2) is 66.7 Å². The first-order valence-corrected chi connectivity index (χ1v) is 15.6. The van der Waals surface area contributed by atoms with Gasteiger partial charge in [-0.15, -0.1) is 0 Å². The molecule has 0 unspecified atom stereocenters. The van der Waals surface area contributed by atoms with E-state index in [1.165, 1.54) is 16.4 Å². The lowest BCUT2D eigenvalue weighted by atomic mass is 10.00.